The quantitative estimate of drug-likeness (QED) is 0.809. The molecule has 0 atom stereocenters. The van der Waals surface area contributed by atoms with Crippen LogP contribution in [0, 0.1) is 12.3 Å². The molecule has 1 aliphatic rings. The van der Waals surface area contributed by atoms with Gasteiger partial charge < -0.3 is 0 Å². The average molecular weight is 282 g/mol. The lowest BCUT2D eigenvalue weighted by atomic mass is 10.1. The first-order valence-electron chi connectivity index (χ1n) is 6.53. The predicted octanol–water partition coefficient (Wildman–Crippen LogP) is 3.38. The van der Waals surface area contributed by atoms with E-state index in [1.165, 1.54) is 18.4 Å². The molecule has 0 radical (unpaired) electrons. The Kier molecular flexibility index (Phi) is 3.11. The van der Waals surface area contributed by atoms with Crippen molar-refractivity contribution in [1.82, 2.24) is 0 Å². The van der Waals surface area contributed by atoms with Crippen LogP contribution in [0.2, 0.25) is 0 Å². The molecule has 1 aliphatic carbocycles. The molecule has 3 rings (SSSR count). The van der Waals surface area contributed by atoms with Gasteiger partial charge in [-0.05, 0) is 60.7 Å². The molecule has 2 aromatic carbocycles. The largest absolute Gasteiger partial charge is 0.219 e. The van der Waals surface area contributed by atoms with Crippen LogP contribution in [0.3, 0.4) is 0 Å². The van der Waals surface area contributed by atoms with Crippen molar-refractivity contribution in [2.45, 2.75) is 28.6 Å². The predicted molar refractivity (Wildman–Crippen MR) is 78.2 cm³/mol. The van der Waals surface area contributed by atoms with Gasteiger partial charge in [-0.3, -0.25) is 0 Å². The van der Waals surface area contributed by atoms with Crippen LogP contribution in [0.4, 0.5) is 0 Å². The SMILES string of the molecule is C#Cc1ccc(S(=O)(=O)c2ccc(C3CC3)cc2)cc1. The Bertz CT molecular complexity index is 759. The van der Waals surface area contributed by atoms with Crippen LogP contribution in [0.5, 0.6) is 0 Å². The first-order valence-corrected chi connectivity index (χ1v) is 8.01. The minimum Gasteiger partial charge on any atom is -0.219 e. The van der Waals surface area contributed by atoms with E-state index in [0.29, 0.717) is 16.4 Å². The molecule has 0 saturated heterocycles. The highest BCUT2D eigenvalue weighted by Gasteiger charge is 2.24. The molecule has 0 bridgehead atoms. The molecule has 0 aliphatic heterocycles. The molecule has 2 nitrogen and oxygen atoms in total. The highest BCUT2D eigenvalue weighted by molar-refractivity contribution is 7.91. The molecule has 0 amide bonds. The topological polar surface area (TPSA) is 34.1 Å². The zero-order chi connectivity index (χ0) is 14.2. The van der Waals surface area contributed by atoms with E-state index in [-0.39, 0.29) is 4.90 Å². The van der Waals surface area contributed by atoms with Gasteiger partial charge in [0.2, 0.25) is 9.84 Å². The fourth-order valence-corrected chi connectivity index (χ4v) is 3.46. The van der Waals surface area contributed by atoms with Gasteiger partial charge >= 0.3 is 0 Å². The number of hydrogen-bond donors (Lipinski definition) is 0. The molecule has 0 N–H and O–H groups in total. The fraction of sp³-hybridized carbons (Fsp3) is 0.176. The first-order chi connectivity index (χ1) is 9.61. The van der Waals surface area contributed by atoms with Gasteiger partial charge in [-0.2, -0.15) is 0 Å². The Morgan fingerprint density at radius 1 is 0.900 bits per heavy atom. The van der Waals surface area contributed by atoms with Crippen molar-refractivity contribution >= 4 is 9.84 Å². The van der Waals surface area contributed by atoms with Crippen molar-refractivity contribution < 1.29 is 8.42 Å². The number of benzene rings is 2. The van der Waals surface area contributed by atoms with Crippen LogP contribution in [0.25, 0.3) is 0 Å². The standard InChI is InChI=1S/C17H14O2S/c1-2-13-3-9-16(10-4-13)20(18,19)17-11-7-15(8-12-17)14-5-6-14/h1,3-4,7-12,14H,5-6H2. The van der Waals surface area contributed by atoms with E-state index in [1.54, 1.807) is 36.4 Å². The summed E-state index contributed by atoms with van der Waals surface area (Å²) in [7, 11) is -3.45. The summed E-state index contributed by atoms with van der Waals surface area (Å²) in [6, 6.07) is 13.6. The maximum absolute atomic E-state index is 12.5. The smallest absolute Gasteiger partial charge is 0.206 e. The zero-order valence-corrected chi connectivity index (χ0v) is 11.7. The van der Waals surface area contributed by atoms with Crippen molar-refractivity contribution in [3.63, 3.8) is 0 Å². The van der Waals surface area contributed by atoms with E-state index in [9.17, 15) is 8.42 Å². The molecule has 100 valence electrons. The zero-order valence-electron chi connectivity index (χ0n) is 10.9. The summed E-state index contributed by atoms with van der Waals surface area (Å²) in [4.78, 5) is 0.603. The monoisotopic (exact) mass is 282 g/mol. The number of terminal acetylenes is 1. The molecule has 1 saturated carbocycles. The maximum atomic E-state index is 12.5. The van der Waals surface area contributed by atoms with Crippen LogP contribution in [0.15, 0.2) is 58.3 Å². The second-order valence-corrected chi connectivity index (χ2v) is 6.97. The van der Waals surface area contributed by atoms with Crippen LogP contribution in [0.1, 0.15) is 29.9 Å². The Balaban J connectivity index is 1.95. The van der Waals surface area contributed by atoms with E-state index in [2.05, 4.69) is 5.92 Å². The van der Waals surface area contributed by atoms with Gasteiger partial charge in [0.15, 0.2) is 0 Å². The Morgan fingerprint density at radius 2 is 1.40 bits per heavy atom. The third-order valence-corrected chi connectivity index (χ3v) is 5.36. The minimum absolute atomic E-state index is 0.274. The average Bonchev–Trinajstić information content (AvgIpc) is 3.32. The highest BCUT2D eigenvalue weighted by atomic mass is 32.2. The van der Waals surface area contributed by atoms with Crippen LogP contribution in [-0.4, -0.2) is 8.42 Å². The molecular weight excluding hydrogens is 268 g/mol. The molecule has 0 aromatic heterocycles. The first kappa shape index (κ1) is 13.0. The molecule has 0 unspecified atom stereocenters. The lowest BCUT2D eigenvalue weighted by Crippen LogP contribution is -2.02. The van der Waals surface area contributed by atoms with E-state index < -0.39 is 9.84 Å². The second-order valence-electron chi connectivity index (χ2n) is 5.02. The van der Waals surface area contributed by atoms with Gasteiger partial charge in [-0.15, -0.1) is 6.42 Å². The lowest BCUT2D eigenvalue weighted by Gasteiger charge is -2.06. The third-order valence-electron chi connectivity index (χ3n) is 3.57. The van der Waals surface area contributed by atoms with Crippen molar-refractivity contribution in [1.29, 1.82) is 0 Å². The van der Waals surface area contributed by atoms with Gasteiger partial charge in [-0.25, -0.2) is 8.42 Å². The highest BCUT2D eigenvalue weighted by Crippen LogP contribution is 2.40. The van der Waals surface area contributed by atoms with Gasteiger partial charge in [-0.1, -0.05) is 18.1 Å². The number of sulfone groups is 1. The molecule has 2 aromatic rings. The summed E-state index contributed by atoms with van der Waals surface area (Å²) < 4.78 is 25.0. The summed E-state index contributed by atoms with van der Waals surface area (Å²) in [5, 5.41) is 0. The Hall–Kier alpha value is -2.05. The van der Waals surface area contributed by atoms with Crippen molar-refractivity contribution in [2.75, 3.05) is 0 Å². The van der Waals surface area contributed by atoms with E-state index >= 15 is 0 Å². The van der Waals surface area contributed by atoms with Crippen molar-refractivity contribution in [3.8, 4) is 12.3 Å². The normalized spacial score (nSPS) is 14.8. The lowest BCUT2D eigenvalue weighted by molar-refractivity contribution is 0.596. The van der Waals surface area contributed by atoms with Gasteiger partial charge in [0, 0.05) is 5.56 Å². The number of rotatable bonds is 3. The van der Waals surface area contributed by atoms with Crippen molar-refractivity contribution in [2.24, 2.45) is 0 Å². The molecule has 3 heteroatoms. The fourth-order valence-electron chi connectivity index (χ4n) is 2.20. The summed E-state index contributed by atoms with van der Waals surface area (Å²) >= 11 is 0. The Morgan fingerprint density at radius 3 is 1.85 bits per heavy atom. The molecule has 1 fully saturated rings. The molecule has 0 spiro atoms. The maximum Gasteiger partial charge on any atom is 0.206 e. The number of hydrogen-bond acceptors (Lipinski definition) is 2. The molecular formula is C17H14O2S. The van der Waals surface area contributed by atoms with Gasteiger partial charge in [0.05, 0.1) is 9.79 Å². The molecule has 20 heavy (non-hydrogen) atoms. The van der Waals surface area contributed by atoms with E-state index in [0.717, 1.165) is 0 Å². The van der Waals surface area contributed by atoms with Gasteiger partial charge in [0.1, 0.15) is 0 Å². The summed E-state index contributed by atoms with van der Waals surface area (Å²) in [6.07, 6.45) is 7.69. The van der Waals surface area contributed by atoms with Crippen molar-refractivity contribution in [3.05, 3.63) is 59.7 Å². The van der Waals surface area contributed by atoms with Crippen LogP contribution in [-0.2, 0) is 9.84 Å². The van der Waals surface area contributed by atoms with Gasteiger partial charge in [0.25, 0.3) is 0 Å². The van der Waals surface area contributed by atoms with Crippen LogP contribution >= 0.6 is 0 Å². The summed E-state index contributed by atoms with van der Waals surface area (Å²) in [5.74, 6) is 3.10. The minimum atomic E-state index is -3.45. The Labute approximate surface area is 119 Å². The summed E-state index contributed by atoms with van der Waals surface area (Å²) in [6.45, 7) is 0. The van der Waals surface area contributed by atoms with E-state index in [1.807, 2.05) is 12.1 Å². The van der Waals surface area contributed by atoms with Crippen LogP contribution < -0.4 is 0 Å². The summed E-state index contributed by atoms with van der Waals surface area (Å²) in [5.41, 5.74) is 1.90. The molecule has 0 heterocycles. The second kappa shape index (κ2) is 4.81. The van der Waals surface area contributed by atoms with E-state index in [4.69, 9.17) is 6.42 Å². The third kappa shape index (κ3) is 2.35.